The van der Waals surface area contributed by atoms with E-state index in [9.17, 15) is 8.42 Å². The zero-order valence-corrected chi connectivity index (χ0v) is 13.3. The molecule has 0 aliphatic carbocycles. The maximum atomic E-state index is 12.3. The normalized spacial score (nSPS) is 13.3. The van der Waals surface area contributed by atoms with Gasteiger partial charge in [0.25, 0.3) is 0 Å². The van der Waals surface area contributed by atoms with E-state index < -0.39 is 10.0 Å². The van der Waals surface area contributed by atoms with Gasteiger partial charge in [-0.05, 0) is 43.4 Å². The fourth-order valence-electron chi connectivity index (χ4n) is 1.84. The van der Waals surface area contributed by atoms with Crippen molar-refractivity contribution in [2.45, 2.75) is 30.9 Å². The Hall–Kier alpha value is -0.760. The third-order valence-corrected chi connectivity index (χ3v) is 5.56. The van der Waals surface area contributed by atoms with Gasteiger partial charge in [0.2, 0.25) is 10.0 Å². The molecular weight excluding hydrogens is 282 g/mol. The fraction of sp³-hybridized carbons (Fsp3) is 0.500. The Morgan fingerprint density at radius 3 is 2.26 bits per heavy atom. The van der Waals surface area contributed by atoms with Crippen molar-refractivity contribution in [3.63, 3.8) is 0 Å². The number of nitrogens with one attached hydrogen (secondary N) is 2. The molecule has 4 N–H and O–H groups in total. The summed E-state index contributed by atoms with van der Waals surface area (Å²) < 4.78 is 27.3. The Kier molecular flexibility index (Phi) is 5.66. The van der Waals surface area contributed by atoms with Crippen LogP contribution >= 0.6 is 11.8 Å². The van der Waals surface area contributed by atoms with E-state index in [1.807, 2.05) is 13.2 Å². The van der Waals surface area contributed by atoms with Crippen molar-refractivity contribution in [2.75, 3.05) is 18.2 Å². The van der Waals surface area contributed by atoms with Gasteiger partial charge < -0.3 is 5.43 Å². The number of benzene rings is 1. The molecule has 19 heavy (non-hydrogen) atoms. The summed E-state index contributed by atoms with van der Waals surface area (Å²) in [7, 11) is -3.48. The molecule has 0 bridgehead atoms. The summed E-state index contributed by atoms with van der Waals surface area (Å²) in [4.78, 5) is 0.333. The molecule has 1 aromatic rings. The molecule has 0 amide bonds. The van der Waals surface area contributed by atoms with Gasteiger partial charge in [-0.1, -0.05) is 6.92 Å². The first kappa shape index (κ1) is 16.3. The molecule has 0 spiro atoms. The minimum atomic E-state index is -3.48. The van der Waals surface area contributed by atoms with Crippen LogP contribution in [0.25, 0.3) is 0 Å². The third kappa shape index (κ3) is 4.10. The molecule has 0 saturated heterocycles. The SMILES string of the molecule is CSC(C)CNS(=O)(=O)c1c(C)cc(NN)cc1C. The van der Waals surface area contributed by atoms with E-state index in [4.69, 9.17) is 5.84 Å². The van der Waals surface area contributed by atoms with E-state index in [1.54, 1.807) is 37.7 Å². The van der Waals surface area contributed by atoms with Crippen LogP contribution < -0.4 is 16.0 Å². The quantitative estimate of drug-likeness (QED) is 0.549. The monoisotopic (exact) mass is 303 g/mol. The summed E-state index contributed by atoms with van der Waals surface area (Å²) in [5, 5.41) is 0.236. The number of hydrazine groups is 1. The van der Waals surface area contributed by atoms with E-state index in [1.165, 1.54) is 0 Å². The van der Waals surface area contributed by atoms with Crippen LogP contribution in [0.15, 0.2) is 17.0 Å². The molecule has 1 atom stereocenters. The zero-order chi connectivity index (χ0) is 14.6. The maximum absolute atomic E-state index is 12.3. The van der Waals surface area contributed by atoms with Gasteiger partial charge in [0.05, 0.1) is 4.90 Å². The lowest BCUT2D eigenvalue weighted by atomic mass is 10.1. The number of nitrogens with two attached hydrogens (primary N) is 1. The van der Waals surface area contributed by atoms with Gasteiger partial charge in [0.1, 0.15) is 0 Å². The van der Waals surface area contributed by atoms with E-state index >= 15 is 0 Å². The van der Waals surface area contributed by atoms with E-state index in [-0.39, 0.29) is 5.25 Å². The van der Waals surface area contributed by atoms with Gasteiger partial charge in [0, 0.05) is 17.5 Å². The highest BCUT2D eigenvalue weighted by molar-refractivity contribution is 7.99. The molecule has 1 aromatic carbocycles. The van der Waals surface area contributed by atoms with E-state index in [2.05, 4.69) is 10.1 Å². The molecule has 0 aliphatic rings. The summed E-state index contributed by atoms with van der Waals surface area (Å²) in [6.07, 6.45) is 1.96. The molecular formula is C12H21N3O2S2. The first-order chi connectivity index (χ1) is 8.81. The Bertz CT molecular complexity index is 521. The molecule has 5 nitrogen and oxygen atoms in total. The molecule has 1 unspecified atom stereocenters. The second-order valence-electron chi connectivity index (χ2n) is 4.48. The van der Waals surface area contributed by atoms with Crippen molar-refractivity contribution in [3.8, 4) is 0 Å². The third-order valence-electron chi connectivity index (χ3n) is 2.86. The number of thioether (sulfide) groups is 1. The van der Waals surface area contributed by atoms with Crippen LogP contribution in [-0.2, 0) is 10.0 Å². The molecule has 0 radical (unpaired) electrons. The first-order valence-electron chi connectivity index (χ1n) is 5.92. The Morgan fingerprint density at radius 2 is 1.84 bits per heavy atom. The van der Waals surface area contributed by atoms with Crippen molar-refractivity contribution in [1.29, 1.82) is 0 Å². The average Bonchev–Trinajstić information content (AvgIpc) is 2.34. The smallest absolute Gasteiger partial charge is 0.241 e. The number of aryl methyl sites for hydroxylation is 2. The predicted octanol–water partition coefficient (Wildman–Crippen LogP) is 1.62. The Labute approximate surface area is 119 Å². The van der Waals surface area contributed by atoms with Gasteiger partial charge in [0.15, 0.2) is 0 Å². The number of nitrogen functional groups attached to an aromatic ring is 1. The van der Waals surface area contributed by atoms with Gasteiger partial charge in [-0.2, -0.15) is 11.8 Å². The number of rotatable bonds is 6. The summed E-state index contributed by atoms with van der Waals surface area (Å²) >= 11 is 1.62. The number of sulfonamides is 1. The minimum absolute atomic E-state index is 0.236. The highest BCUT2D eigenvalue weighted by Gasteiger charge is 2.20. The fourth-order valence-corrected chi connectivity index (χ4v) is 3.77. The number of hydrogen-bond acceptors (Lipinski definition) is 5. The zero-order valence-electron chi connectivity index (χ0n) is 11.6. The summed E-state index contributed by atoms with van der Waals surface area (Å²) in [6.45, 7) is 5.93. The number of hydrogen-bond donors (Lipinski definition) is 3. The summed E-state index contributed by atoms with van der Waals surface area (Å²) in [5.41, 5.74) is 4.58. The second-order valence-corrected chi connectivity index (χ2v) is 7.46. The van der Waals surface area contributed by atoms with Crippen molar-refractivity contribution in [1.82, 2.24) is 4.72 Å². The van der Waals surface area contributed by atoms with Crippen LogP contribution in [0.5, 0.6) is 0 Å². The van der Waals surface area contributed by atoms with Gasteiger partial charge in [-0.25, -0.2) is 13.1 Å². The van der Waals surface area contributed by atoms with Gasteiger partial charge in [-0.3, -0.25) is 5.84 Å². The van der Waals surface area contributed by atoms with E-state index in [0.717, 1.165) is 0 Å². The molecule has 0 aliphatic heterocycles. The highest BCUT2D eigenvalue weighted by Crippen LogP contribution is 2.24. The van der Waals surface area contributed by atoms with Crippen molar-refractivity contribution < 1.29 is 8.42 Å². The molecule has 108 valence electrons. The van der Waals surface area contributed by atoms with Crippen LogP contribution in [-0.4, -0.2) is 26.5 Å². The van der Waals surface area contributed by atoms with Crippen LogP contribution in [0.3, 0.4) is 0 Å². The minimum Gasteiger partial charge on any atom is -0.324 e. The average molecular weight is 303 g/mol. The first-order valence-corrected chi connectivity index (χ1v) is 8.69. The molecule has 0 heterocycles. The lowest BCUT2D eigenvalue weighted by Gasteiger charge is -2.15. The van der Waals surface area contributed by atoms with Gasteiger partial charge >= 0.3 is 0 Å². The standard InChI is InChI=1S/C12H21N3O2S2/c1-8-5-11(15-13)6-9(2)12(8)19(16,17)14-7-10(3)18-4/h5-6,10,14-15H,7,13H2,1-4H3. The molecule has 0 fully saturated rings. The van der Waals surface area contributed by atoms with Crippen LogP contribution in [0.2, 0.25) is 0 Å². The predicted molar refractivity (Wildman–Crippen MR) is 81.9 cm³/mol. The lowest BCUT2D eigenvalue weighted by molar-refractivity contribution is 0.580. The topological polar surface area (TPSA) is 84.2 Å². The summed E-state index contributed by atoms with van der Waals surface area (Å²) in [6, 6.07) is 3.44. The van der Waals surface area contributed by atoms with Gasteiger partial charge in [-0.15, -0.1) is 0 Å². The van der Waals surface area contributed by atoms with Crippen molar-refractivity contribution >= 4 is 27.5 Å². The lowest BCUT2D eigenvalue weighted by Crippen LogP contribution is -2.30. The Morgan fingerprint density at radius 1 is 1.32 bits per heavy atom. The molecule has 1 rings (SSSR count). The van der Waals surface area contributed by atoms with Crippen molar-refractivity contribution in [3.05, 3.63) is 23.3 Å². The van der Waals surface area contributed by atoms with Crippen LogP contribution in [0.4, 0.5) is 5.69 Å². The van der Waals surface area contributed by atoms with Crippen LogP contribution in [0, 0.1) is 13.8 Å². The molecule has 0 saturated carbocycles. The van der Waals surface area contributed by atoms with Crippen molar-refractivity contribution in [2.24, 2.45) is 5.84 Å². The molecule has 0 aromatic heterocycles. The highest BCUT2D eigenvalue weighted by atomic mass is 32.2. The Balaban J connectivity index is 3.08. The maximum Gasteiger partial charge on any atom is 0.241 e. The number of anilines is 1. The summed E-state index contributed by atoms with van der Waals surface area (Å²) in [5.74, 6) is 5.35. The second kappa shape index (κ2) is 6.60. The molecule has 7 heteroatoms. The van der Waals surface area contributed by atoms with Crippen LogP contribution in [0.1, 0.15) is 18.1 Å². The largest absolute Gasteiger partial charge is 0.324 e. The van der Waals surface area contributed by atoms with E-state index in [0.29, 0.717) is 28.3 Å².